The molecule has 0 saturated carbocycles. The smallest absolute Gasteiger partial charge is 0.240 e. The van der Waals surface area contributed by atoms with E-state index in [2.05, 4.69) is 15.8 Å². The Bertz CT molecular complexity index is 696. The highest BCUT2D eigenvalue weighted by molar-refractivity contribution is 5.94. The number of carbonyl (C=O) groups excluding carboxylic acids is 2. The highest BCUT2D eigenvalue weighted by Gasteiger charge is 2.12. The Morgan fingerprint density at radius 1 is 1.17 bits per heavy atom. The van der Waals surface area contributed by atoms with Gasteiger partial charge in [0.25, 0.3) is 0 Å². The van der Waals surface area contributed by atoms with Crippen molar-refractivity contribution in [2.24, 2.45) is 0 Å². The molecule has 8 nitrogen and oxygen atoms in total. The Morgan fingerprint density at radius 3 is 2.33 bits per heavy atom. The molecule has 2 N–H and O–H groups in total. The zero-order chi connectivity index (χ0) is 17.5. The number of hydrogen-bond donors (Lipinski definition) is 2. The molecule has 0 aliphatic rings. The number of amides is 2. The molecule has 0 aliphatic heterocycles. The van der Waals surface area contributed by atoms with Gasteiger partial charge in [-0.3, -0.25) is 19.8 Å². The van der Waals surface area contributed by atoms with Gasteiger partial charge in [0.2, 0.25) is 17.7 Å². The lowest BCUT2D eigenvalue weighted by atomic mass is 10.3. The Morgan fingerprint density at radius 2 is 1.79 bits per heavy atom. The molecule has 8 heteroatoms. The summed E-state index contributed by atoms with van der Waals surface area (Å²) in [5.41, 5.74) is 1.34. The van der Waals surface area contributed by atoms with Crippen molar-refractivity contribution in [2.45, 2.75) is 6.92 Å². The lowest BCUT2D eigenvalue weighted by Crippen LogP contribution is -2.36. The van der Waals surface area contributed by atoms with E-state index in [1.807, 2.05) is 0 Å². The maximum Gasteiger partial charge on any atom is 0.240 e. The van der Waals surface area contributed by atoms with Crippen molar-refractivity contribution in [1.29, 1.82) is 0 Å². The van der Waals surface area contributed by atoms with Gasteiger partial charge in [-0.05, 0) is 38.2 Å². The lowest BCUT2D eigenvalue weighted by Gasteiger charge is -2.15. The van der Waals surface area contributed by atoms with Crippen LogP contribution in [0.5, 0.6) is 5.75 Å². The van der Waals surface area contributed by atoms with Crippen molar-refractivity contribution in [1.82, 2.24) is 10.1 Å². The maximum atomic E-state index is 12.0. The van der Waals surface area contributed by atoms with Gasteiger partial charge in [0.05, 0.1) is 25.9 Å². The Balaban J connectivity index is 1.77. The molecule has 0 fully saturated rings. The summed E-state index contributed by atoms with van der Waals surface area (Å²) in [5.74, 6) is 0.495. The number of likely N-dealkylation sites (N-methyl/N-ethyl adjacent to an activating group) is 1. The van der Waals surface area contributed by atoms with E-state index in [9.17, 15) is 9.59 Å². The highest BCUT2D eigenvalue weighted by Crippen LogP contribution is 2.14. The van der Waals surface area contributed by atoms with Crippen molar-refractivity contribution < 1.29 is 18.8 Å². The van der Waals surface area contributed by atoms with Gasteiger partial charge in [-0.1, -0.05) is 5.16 Å². The number of methoxy groups -OCH3 is 1. The minimum Gasteiger partial charge on any atom is -0.497 e. The van der Waals surface area contributed by atoms with Crippen molar-refractivity contribution in [3.63, 3.8) is 0 Å². The summed E-state index contributed by atoms with van der Waals surface area (Å²) >= 11 is 0. The molecule has 0 radical (unpaired) electrons. The van der Waals surface area contributed by atoms with Gasteiger partial charge in [-0.2, -0.15) is 0 Å². The average molecular weight is 332 g/mol. The van der Waals surface area contributed by atoms with E-state index >= 15 is 0 Å². The topological polar surface area (TPSA) is 96.7 Å². The Kier molecular flexibility index (Phi) is 5.91. The van der Waals surface area contributed by atoms with E-state index in [1.54, 1.807) is 56.3 Å². The van der Waals surface area contributed by atoms with E-state index < -0.39 is 0 Å². The molecule has 0 spiro atoms. The number of rotatable bonds is 7. The first-order valence-electron chi connectivity index (χ1n) is 7.32. The maximum absolute atomic E-state index is 12.0. The third-order valence-corrected chi connectivity index (χ3v) is 3.09. The molecular weight excluding hydrogens is 312 g/mol. The van der Waals surface area contributed by atoms with Gasteiger partial charge >= 0.3 is 0 Å². The molecule has 2 rings (SSSR count). The first kappa shape index (κ1) is 17.5. The molecule has 1 aromatic carbocycles. The fourth-order valence-electron chi connectivity index (χ4n) is 2.02. The normalized spacial score (nSPS) is 10.5. The third kappa shape index (κ3) is 5.40. The van der Waals surface area contributed by atoms with Crippen LogP contribution in [0, 0.1) is 6.92 Å². The van der Waals surface area contributed by atoms with Crippen LogP contribution in [-0.4, -0.2) is 49.1 Å². The summed E-state index contributed by atoms with van der Waals surface area (Å²) in [6, 6.07) is 8.62. The van der Waals surface area contributed by atoms with E-state index in [0.717, 1.165) is 0 Å². The second kappa shape index (κ2) is 8.11. The minimum atomic E-state index is -0.286. The van der Waals surface area contributed by atoms with Crippen LogP contribution in [0.4, 0.5) is 11.6 Å². The number of hydrogen-bond acceptors (Lipinski definition) is 6. The quantitative estimate of drug-likeness (QED) is 0.797. The predicted molar refractivity (Wildman–Crippen MR) is 89.0 cm³/mol. The first-order valence-corrected chi connectivity index (χ1v) is 7.32. The van der Waals surface area contributed by atoms with Gasteiger partial charge in [-0.15, -0.1) is 0 Å². The van der Waals surface area contributed by atoms with Gasteiger partial charge in [0, 0.05) is 11.8 Å². The Hall–Kier alpha value is -2.87. The molecular formula is C16H20N4O4. The van der Waals surface area contributed by atoms with Gasteiger partial charge in [0.1, 0.15) is 5.75 Å². The standard InChI is InChI=1S/C16H20N4O4/c1-11-8-16(24-19-11)18-15(22)10-20(2)9-14(21)17-12-4-6-13(23-3)7-5-12/h4-8H,9-10H2,1-3H3,(H,17,21)(H,18,22). The third-order valence-electron chi connectivity index (χ3n) is 3.09. The number of aromatic nitrogens is 1. The fourth-order valence-corrected chi connectivity index (χ4v) is 2.02. The fraction of sp³-hybridized carbons (Fsp3) is 0.312. The summed E-state index contributed by atoms with van der Waals surface area (Å²) in [6.07, 6.45) is 0. The zero-order valence-corrected chi connectivity index (χ0v) is 13.8. The average Bonchev–Trinajstić information content (AvgIpc) is 2.92. The largest absolute Gasteiger partial charge is 0.497 e. The van der Waals surface area contributed by atoms with Crippen LogP contribution >= 0.6 is 0 Å². The zero-order valence-electron chi connectivity index (χ0n) is 13.8. The number of carbonyl (C=O) groups is 2. The molecule has 128 valence electrons. The van der Waals surface area contributed by atoms with Crippen molar-refractivity contribution >= 4 is 23.4 Å². The molecule has 24 heavy (non-hydrogen) atoms. The first-order chi connectivity index (χ1) is 11.5. The summed E-state index contributed by atoms with van der Waals surface area (Å²) in [4.78, 5) is 25.4. The van der Waals surface area contributed by atoms with Crippen LogP contribution in [0.15, 0.2) is 34.9 Å². The predicted octanol–water partition coefficient (Wildman–Crippen LogP) is 1.50. The number of benzene rings is 1. The molecule has 2 aromatic rings. The molecule has 0 bridgehead atoms. The Labute approximate surface area is 139 Å². The van der Waals surface area contributed by atoms with Crippen LogP contribution in [0.25, 0.3) is 0 Å². The number of ether oxygens (including phenoxy) is 1. The molecule has 0 saturated heterocycles. The molecule has 1 aromatic heterocycles. The molecule has 0 unspecified atom stereocenters. The van der Waals surface area contributed by atoms with E-state index in [0.29, 0.717) is 17.1 Å². The molecule has 0 atom stereocenters. The second-order valence-corrected chi connectivity index (χ2v) is 5.33. The SMILES string of the molecule is COc1ccc(NC(=O)CN(C)CC(=O)Nc2cc(C)no2)cc1. The number of anilines is 2. The van der Waals surface area contributed by atoms with E-state index in [4.69, 9.17) is 9.26 Å². The summed E-state index contributed by atoms with van der Waals surface area (Å²) < 4.78 is 9.96. The van der Waals surface area contributed by atoms with E-state index in [1.165, 1.54) is 0 Å². The summed E-state index contributed by atoms with van der Waals surface area (Å²) in [7, 11) is 3.26. The number of nitrogens with zero attached hydrogens (tertiary/aromatic N) is 2. The van der Waals surface area contributed by atoms with Crippen LogP contribution in [0.1, 0.15) is 5.69 Å². The monoisotopic (exact) mass is 332 g/mol. The van der Waals surface area contributed by atoms with Gasteiger partial charge < -0.3 is 14.6 Å². The van der Waals surface area contributed by atoms with Crippen LogP contribution < -0.4 is 15.4 Å². The highest BCUT2D eigenvalue weighted by atomic mass is 16.5. The van der Waals surface area contributed by atoms with Crippen LogP contribution in [0.3, 0.4) is 0 Å². The van der Waals surface area contributed by atoms with Crippen molar-refractivity contribution in [3.8, 4) is 5.75 Å². The molecule has 2 amide bonds. The number of nitrogens with one attached hydrogen (secondary N) is 2. The van der Waals surface area contributed by atoms with Crippen LogP contribution in [0.2, 0.25) is 0 Å². The second-order valence-electron chi connectivity index (χ2n) is 5.33. The van der Waals surface area contributed by atoms with Crippen molar-refractivity contribution in [3.05, 3.63) is 36.0 Å². The summed E-state index contributed by atoms with van der Waals surface area (Å²) in [6.45, 7) is 1.89. The summed E-state index contributed by atoms with van der Waals surface area (Å²) in [5, 5.41) is 9.01. The minimum absolute atomic E-state index is 0.0514. The van der Waals surface area contributed by atoms with Gasteiger partial charge in [0.15, 0.2) is 0 Å². The lowest BCUT2D eigenvalue weighted by molar-refractivity contribution is -0.119. The van der Waals surface area contributed by atoms with Gasteiger partial charge in [-0.25, -0.2) is 0 Å². The van der Waals surface area contributed by atoms with Crippen molar-refractivity contribution in [2.75, 3.05) is 37.9 Å². The molecule has 1 heterocycles. The van der Waals surface area contributed by atoms with Crippen LogP contribution in [-0.2, 0) is 9.59 Å². The molecule has 0 aliphatic carbocycles. The van der Waals surface area contributed by atoms with E-state index in [-0.39, 0.29) is 30.8 Å². The number of aryl methyl sites for hydroxylation is 1.